The summed E-state index contributed by atoms with van der Waals surface area (Å²) in [6, 6.07) is 9.11. The highest BCUT2D eigenvalue weighted by Gasteiger charge is 2.40. The van der Waals surface area contributed by atoms with Crippen LogP contribution >= 0.6 is 12.4 Å². The normalized spacial score (nSPS) is 18.8. The number of hydrogen-bond acceptors (Lipinski definition) is 5. The lowest BCUT2D eigenvalue weighted by molar-refractivity contribution is -0.150. The second-order valence-electron chi connectivity index (χ2n) is 7.36. The number of ether oxygens (including phenoxy) is 1. The fraction of sp³-hybridized carbons (Fsp3) is 0.286. The molecule has 2 aliphatic heterocycles. The first-order valence-corrected chi connectivity index (χ1v) is 9.70. The fourth-order valence-corrected chi connectivity index (χ4v) is 3.63. The maximum Gasteiger partial charge on any atom is 0.416 e. The number of halogens is 4. The van der Waals surface area contributed by atoms with Gasteiger partial charge < -0.3 is 25.4 Å². The van der Waals surface area contributed by atoms with Gasteiger partial charge in [0, 0.05) is 30.0 Å². The zero-order valence-corrected chi connectivity index (χ0v) is 17.8. The number of alkyl halides is 3. The van der Waals surface area contributed by atoms with Gasteiger partial charge in [0.05, 0.1) is 12.2 Å². The molecule has 2 aromatic rings. The van der Waals surface area contributed by atoms with Gasteiger partial charge in [-0.1, -0.05) is 6.07 Å². The van der Waals surface area contributed by atoms with Crippen molar-refractivity contribution in [1.29, 1.82) is 5.41 Å². The molecule has 2 amide bonds. The number of carbonyl (C=O) groups excluding carboxylic acids is 2. The molecule has 0 saturated carbocycles. The van der Waals surface area contributed by atoms with Crippen molar-refractivity contribution in [2.75, 3.05) is 23.4 Å². The molecule has 4 rings (SSSR count). The van der Waals surface area contributed by atoms with Crippen molar-refractivity contribution in [1.82, 2.24) is 5.32 Å². The second-order valence-corrected chi connectivity index (χ2v) is 7.36. The lowest BCUT2D eigenvalue weighted by atomic mass is 10.1. The van der Waals surface area contributed by atoms with E-state index in [0.717, 1.165) is 22.6 Å². The molecule has 0 aliphatic carbocycles. The van der Waals surface area contributed by atoms with Gasteiger partial charge in [0.15, 0.2) is 12.2 Å². The van der Waals surface area contributed by atoms with Crippen LogP contribution in [0.2, 0.25) is 0 Å². The average molecular weight is 485 g/mol. The predicted octanol–water partition coefficient (Wildman–Crippen LogP) is 2.29. The van der Waals surface area contributed by atoms with E-state index >= 15 is 0 Å². The van der Waals surface area contributed by atoms with Crippen molar-refractivity contribution in [2.24, 2.45) is 0 Å². The molecular formula is C21H20ClF3N4O4. The summed E-state index contributed by atoms with van der Waals surface area (Å²) in [7, 11) is 0. The summed E-state index contributed by atoms with van der Waals surface area (Å²) in [5.74, 6) is -1.44. The molecule has 2 aromatic carbocycles. The molecule has 0 aromatic heterocycles. The van der Waals surface area contributed by atoms with E-state index < -0.39 is 35.8 Å². The third kappa shape index (κ3) is 4.95. The number of aliphatic hydroxyl groups is 1. The lowest BCUT2D eigenvalue weighted by Gasteiger charge is -2.34. The van der Waals surface area contributed by atoms with E-state index in [1.165, 1.54) is 12.1 Å². The molecule has 1 saturated heterocycles. The summed E-state index contributed by atoms with van der Waals surface area (Å²) >= 11 is 0. The number of nitrogens with one attached hydrogen (secondary N) is 3. The van der Waals surface area contributed by atoms with Gasteiger partial charge in [0.1, 0.15) is 5.84 Å². The molecule has 176 valence electrons. The van der Waals surface area contributed by atoms with Crippen LogP contribution in [0, 0.1) is 5.41 Å². The quantitative estimate of drug-likeness (QED) is 0.531. The number of benzene rings is 2. The monoisotopic (exact) mass is 484 g/mol. The van der Waals surface area contributed by atoms with E-state index in [9.17, 15) is 27.9 Å². The van der Waals surface area contributed by atoms with E-state index in [4.69, 9.17) is 10.1 Å². The number of anilines is 2. The highest BCUT2D eigenvalue weighted by atomic mass is 35.5. The summed E-state index contributed by atoms with van der Waals surface area (Å²) in [6.07, 6.45) is -8.02. The van der Waals surface area contributed by atoms with Crippen molar-refractivity contribution in [3.63, 3.8) is 0 Å². The molecule has 2 aliphatic rings. The van der Waals surface area contributed by atoms with E-state index in [1.807, 2.05) is 0 Å². The van der Waals surface area contributed by atoms with Crippen molar-refractivity contribution >= 4 is 41.4 Å². The summed E-state index contributed by atoms with van der Waals surface area (Å²) < 4.78 is 44.3. The van der Waals surface area contributed by atoms with Crippen LogP contribution in [0.5, 0.6) is 0 Å². The Bertz CT molecular complexity index is 1100. The van der Waals surface area contributed by atoms with Gasteiger partial charge in [-0.3, -0.25) is 15.0 Å². The van der Waals surface area contributed by atoms with Crippen LogP contribution in [0.15, 0.2) is 42.5 Å². The molecule has 12 heteroatoms. The Labute approximate surface area is 192 Å². The zero-order chi connectivity index (χ0) is 23.0. The average Bonchev–Trinajstić information content (AvgIpc) is 3.13. The summed E-state index contributed by atoms with van der Waals surface area (Å²) in [6.45, 7) is 0.342. The molecule has 0 bridgehead atoms. The minimum Gasteiger partial charge on any atom is -0.380 e. The molecule has 2 heterocycles. The standard InChI is InChI=1S/C21H19F3N4O4.ClH/c22-21(23,24)12-2-1-3-14(9-12)28-6-7-32-17(20(28)31)16(29)19(30)27-13-4-5-15-11(8-13)10-26-18(15)25;/h1-5,8-9,16-17,29H,6-7,10H2,(H2,25,26)(H,27,30);1H/t16-,17-;/m1./s1. The maximum absolute atomic E-state index is 13.0. The minimum absolute atomic E-state index is 0. The van der Waals surface area contributed by atoms with Gasteiger partial charge >= 0.3 is 6.18 Å². The Morgan fingerprint density at radius 1 is 1.27 bits per heavy atom. The zero-order valence-electron chi connectivity index (χ0n) is 17.0. The first kappa shape index (κ1) is 24.5. The molecule has 0 radical (unpaired) electrons. The van der Waals surface area contributed by atoms with Crippen LogP contribution in [0.4, 0.5) is 24.5 Å². The number of hydrogen-bond donors (Lipinski definition) is 4. The third-order valence-electron chi connectivity index (χ3n) is 5.26. The van der Waals surface area contributed by atoms with Crippen molar-refractivity contribution < 1.29 is 32.6 Å². The topological polar surface area (TPSA) is 115 Å². The number of morpholine rings is 1. The van der Waals surface area contributed by atoms with Gasteiger partial charge in [-0.2, -0.15) is 13.2 Å². The Balaban J connectivity index is 0.00000306. The number of fused-ring (bicyclic) bond motifs is 1. The predicted molar refractivity (Wildman–Crippen MR) is 116 cm³/mol. The largest absolute Gasteiger partial charge is 0.416 e. The first-order valence-electron chi connectivity index (χ1n) is 9.70. The highest BCUT2D eigenvalue weighted by molar-refractivity contribution is 6.04. The number of nitrogens with zero attached hydrogens (tertiary/aromatic N) is 1. The number of amidine groups is 1. The highest BCUT2D eigenvalue weighted by Crippen LogP contribution is 2.32. The van der Waals surface area contributed by atoms with Crippen LogP contribution < -0.4 is 15.5 Å². The molecular weight excluding hydrogens is 465 g/mol. The van der Waals surface area contributed by atoms with Gasteiger partial charge in [-0.05, 0) is 42.0 Å². The van der Waals surface area contributed by atoms with E-state index in [2.05, 4.69) is 10.6 Å². The SMILES string of the molecule is Cl.N=C1NCc2cc(NC(=O)[C@H](O)[C@H]3OCCN(c4cccc(C(F)(F)F)c4)C3=O)ccc21. The fourth-order valence-electron chi connectivity index (χ4n) is 3.63. The Kier molecular flexibility index (Phi) is 6.96. The summed E-state index contributed by atoms with van der Waals surface area (Å²) in [5.41, 5.74) is 0.944. The van der Waals surface area contributed by atoms with Crippen LogP contribution in [0.25, 0.3) is 0 Å². The summed E-state index contributed by atoms with van der Waals surface area (Å²) in [4.78, 5) is 26.4. The molecule has 8 nitrogen and oxygen atoms in total. The molecule has 2 atom stereocenters. The number of carbonyl (C=O) groups is 2. The Morgan fingerprint density at radius 3 is 2.76 bits per heavy atom. The van der Waals surface area contributed by atoms with E-state index in [0.29, 0.717) is 17.8 Å². The Hall–Kier alpha value is -3.15. The van der Waals surface area contributed by atoms with E-state index in [-0.39, 0.29) is 37.1 Å². The first-order chi connectivity index (χ1) is 15.1. The minimum atomic E-state index is -4.58. The molecule has 0 spiro atoms. The number of aliphatic hydroxyl groups excluding tert-OH is 1. The summed E-state index contributed by atoms with van der Waals surface area (Å²) in [5, 5.41) is 23.6. The molecule has 4 N–H and O–H groups in total. The number of rotatable bonds is 4. The lowest BCUT2D eigenvalue weighted by Crippen LogP contribution is -2.55. The van der Waals surface area contributed by atoms with Gasteiger partial charge in [-0.15, -0.1) is 12.4 Å². The van der Waals surface area contributed by atoms with Crippen LogP contribution in [0.3, 0.4) is 0 Å². The van der Waals surface area contributed by atoms with Crippen LogP contribution in [-0.4, -0.2) is 48.1 Å². The van der Waals surface area contributed by atoms with Crippen LogP contribution in [0.1, 0.15) is 16.7 Å². The Morgan fingerprint density at radius 2 is 2.03 bits per heavy atom. The van der Waals surface area contributed by atoms with Crippen LogP contribution in [-0.2, 0) is 27.0 Å². The van der Waals surface area contributed by atoms with E-state index in [1.54, 1.807) is 18.2 Å². The van der Waals surface area contributed by atoms with Crippen molar-refractivity contribution in [3.05, 3.63) is 59.2 Å². The number of amides is 2. The maximum atomic E-state index is 13.0. The third-order valence-corrected chi connectivity index (χ3v) is 5.26. The smallest absolute Gasteiger partial charge is 0.380 e. The van der Waals surface area contributed by atoms with Gasteiger partial charge in [-0.25, -0.2) is 0 Å². The molecule has 1 fully saturated rings. The van der Waals surface area contributed by atoms with Crippen molar-refractivity contribution in [2.45, 2.75) is 24.9 Å². The second kappa shape index (κ2) is 9.38. The van der Waals surface area contributed by atoms with Crippen molar-refractivity contribution in [3.8, 4) is 0 Å². The van der Waals surface area contributed by atoms with Gasteiger partial charge in [0.25, 0.3) is 11.8 Å². The molecule has 33 heavy (non-hydrogen) atoms. The molecule has 0 unspecified atom stereocenters. The van der Waals surface area contributed by atoms with Gasteiger partial charge in [0.2, 0.25) is 0 Å².